The molecule has 0 radical (unpaired) electrons. The van der Waals surface area contributed by atoms with Gasteiger partial charge in [-0.3, -0.25) is 9.11 Å². The van der Waals surface area contributed by atoms with Crippen molar-refractivity contribution in [1.29, 1.82) is 0 Å². The molecule has 18 heteroatoms. The Morgan fingerprint density at radius 3 is 1.82 bits per heavy atom. The van der Waals surface area contributed by atoms with Gasteiger partial charge in [-0.2, -0.15) is 37.3 Å². The summed E-state index contributed by atoms with van der Waals surface area (Å²) in [5.74, 6) is -1.75. The number of azo groups is 2. The maximum absolute atomic E-state index is 12.6. The molecule has 0 fully saturated rings. The van der Waals surface area contributed by atoms with E-state index in [2.05, 4.69) is 31.1 Å². The Morgan fingerprint density at radius 1 is 0.636 bits per heavy atom. The summed E-state index contributed by atoms with van der Waals surface area (Å²) in [6, 6.07) is 16.9. The lowest BCUT2D eigenvalue weighted by atomic mass is 10.2. The fraction of sp³-hybridized carbons (Fsp3) is 0. The van der Waals surface area contributed by atoms with Crippen LogP contribution in [0, 0.1) is 0 Å². The van der Waals surface area contributed by atoms with Gasteiger partial charge in [-0.1, -0.05) is 6.07 Å². The molecule has 4 rings (SSSR count). The van der Waals surface area contributed by atoms with E-state index in [0.29, 0.717) is 5.69 Å². The third-order valence-electron chi connectivity index (χ3n) is 5.50. The minimum absolute atomic E-state index is 0.0234. The summed E-state index contributed by atoms with van der Waals surface area (Å²) < 4.78 is 65.5. The molecule has 0 aliphatic rings. The minimum Gasteiger partial charge on any atom is -0.507 e. The topological polar surface area (TPSA) is 257 Å². The average Bonchev–Trinajstić information content (AvgIpc) is 2.96. The third kappa shape index (κ3) is 8.26. The van der Waals surface area contributed by atoms with Crippen LogP contribution in [0.15, 0.2) is 115 Å². The van der Waals surface area contributed by atoms with Crippen molar-refractivity contribution in [3.05, 3.63) is 90.5 Å². The van der Waals surface area contributed by atoms with Gasteiger partial charge in [0.25, 0.3) is 20.2 Å². The SMILES string of the molecule is O=C(Nc1ccc(N=Nc2ccc(O)c(C(=O)O)c2)cc1)Nc1ccc(N=Nc2cccc(S(=O)(=O)O)c2)cc1S(=O)(=O)O. The van der Waals surface area contributed by atoms with E-state index >= 15 is 0 Å². The number of carbonyl (C=O) groups excluding carboxylic acids is 1. The van der Waals surface area contributed by atoms with Gasteiger partial charge in [-0.05, 0) is 78.9 Å². The molecule has 4 aromatic rings. The predicted octanol–water partition coefficient (Wildman–Crippen LogP) is 6.06. The number of phenols is 1. The molecule has 0 saturated carbocycles. The Bertz CT molecular complexity index is 2030. The maximum Gasteiger partial charge on any atom is 0.339 e. The van der Waals surface area contributed by atoms with Crippen molar-refractivity contribution in [1.82, 2.24) is 0 Å². The molecule has 0 spiro atoms. The van der Waals surface area contributed by atoms with E-state index in [4.69, 9.17) is 9.66 Å². The quantitative estimate of drug-likeness (QED) is 0.0910. The van der Waals surface area contributed by atoms with Gasteiger partial charge >= 0.3 is 12.0 Å². The molecule has 0 bridgehead atoms. The lowest BCUT2D eigenvalue weighted by Gasteiger charge is -2.11. The zero-order valence-corrected chi connectivity index (χ0v) is 23.6. The first-order chi connectivity index (χ1) is 20.7. The lowest BCUT2D eigenvalue weighted by Crippen LogP contribution is -2.20. The molecule has 0 aliphatic carbocycles. The fourth-order valence-corrected chi connectivity index (χ4v) is 4.67. The van der Waals surface area contributed by atoms with Crippen molar-refractivity contribution in [3.8, 4) is 5.75 Å². The number of benzene rings is 4. The van der Waals surface area contributed by atoms with E-state index in [1.54, 1.807) is 0 Å². The summed E-state index contributed by atoms with van der Waals surface area (Å²) in [5, 5.41) is 38.9. The van der Waals surface area contributed by atoms with Crippen molar-refractivity contribution >= 4 is 66.4 Å². The van der Waals surface area contributed by atoms with E-state index in [1.165, 1.54) is 54.6 Å². The van der Waals surface area contributed by atoms with Crippen LogP contribution in [0.2, 0.25) is 0 Å². The number of aromatic hydroxyl groups is 1. The maximum atomic E-state index is 12.6. The fourth-order valence-electron chi connectivity index (χ4n) is 3.48. The average molecular weight is 641 g/mol. The molecule has 0 unspecified atom stereocenters. The first-order valence-corrected chi connectivity index (χ1v) is 14.8. The molecule has 0 aliphatic heterocycles. The molecule has 0 saturated heterocycles. The summed E-state index contributed by atoms with van der Waals surface area (Å²) in [6.45, 7) is 0. The van der Waals surface area contributed by atoms with Crippen molar-refractivity contribution < 1.29 is 45.7 Å². The highest BCUT2D eigenvalue weighted by Gasteiger charge is 2.19. The van der Waals surface area contributed by atoms with Crippen LogP contribution < -0.4 is 10.6 Å². The van der Waals surface area contributed by atoms with Crippen LogP contribution in [0.25, 0.3) is 0 Å². The van der Waals surface area contributed by atoms with Crippen LogP contribution in [-0.4, -0.2) is 48.2 Å². The molecular weight excluding hydrogens is 620 g/mol. The number of aromatic carboxylic acids is 1. The van der Waals surface area contributed by atoms with Gasteiger partial charge in [-0.15, -0.1) is 0 Å². The summed E-state index contributed by atoms with van der Waals surface area (Å²) in [5.41, 5.74) is 0.0986. The lowest BCUT2D eigenvalue weighted by molar-refractivity contribution is 0.0693. The molecule has 0 heterocycles. The number of nitrogens with zero attached hydrogens (tertiary/aromatic N) is 4. The molecule has 2 amide bonds. The zero-order chi connectivity index (χ0) is 32.1. The summed E-state index contributed by atoms with van der Waals surface area (Å²) >= 11 is 0. The van der Waals surface area contributed by atoms with Crippen molar-refractivity contribution in [2.75, 3.05) is 10.6 Å². The van der Waals surface area contributed by atoms with Gasteiger partial charge in [0.05, 0.1) is 33.3 Å². The molecular formula is C26H20N6O10S2. The van der Waals surface area contributed by atoms with E-state index in [9.17, 15) is 36.1 Å². The zero-order valence-electron chi connectivity index (χ0n) is 21.9. The summed E-state index contributed by atoms with van der Waals surface area (Å²) in [7, 11) is -9.34. The molecule has 0 atom stereocenters. The normalized spacial score (nSPS) is 12.0. The molecule has 16 nitrogen and oxygen atoms in total. The second-order valence-electron chi connectivity index (χ2n) is 8.66. The van der Waals surface area contributed by atoms with Crippen molar-refractivity contribution in [2.45, 2.75) is 9.79 Å². The Labute approximate surface area is 248 Å². The third-order valence-corrected chi connectivity index (χ3v) is 7.25. The summed E-state index contributed by atoms with van der Waals surface area (Å²) in [4.78, 5) is 22.6. The van der Waals surface area contributed by atoms with Gasteiger partial charge in [-0.25, -0.2) is 9.59 Å². The van der Waals surface area contributed by atoms with E-state index in [0.717, 1.165) is 30.3 Å². The second-order valence-corrected chi connectivity index (χ2v) is 11.5. The Hall–Kier alpha value is -5.56. The number of anilines is 2. The van der Waals surface area contributed by atoms with Gasteiger partial charge in [0.2, 0.25) is 0 Å². The molecule has 6 N–H and O–H groups in total. The van der Waals surface area contributed by atoms with E-state index in [1.807, 2.05) is 0 Å². The van der Waals surface area contributed by atoms with Crippen molar-refractivity contribution in [2.24, 2.45) is 20.5 Å². The van der Waals surface area contributed by atoms with Crippen LogP contribution >= 0.6 is 0 Å². The molecule has 4 aromatic carbocycles. The number of hydrogen-bond acceptors (Lipinski definition) is 11. The number of carbonyl (C=O) groups is 2. The number of amides is 2. The van der Waals surface area contributed by atoms with E-state index in [-0.39, 0.29) is 34.0 Å². The number of urea groups is 1. The molecule has 44 heavy (non-hydrogen) atoms. The summed E-state index contributed by atoms with van der Waals surface area (Å²) in [6.07, 6.45) is 0. The predicted molar refractivity (Wildman–Crippen MR) is 155 cm³/mol. The first-order valence-electron chi connectivity index (χ1n) is 12.0. The van der Waals surface area contributed by atoms with Crippen LogP contribution in [0.3, 0.4) is 0 Å². The van der Waals surface area contributed by atoms with Crippen LogP contribution in [0.4, 0.5) is 38.9 Å². The van der Waals surface area contributed by atoms with Crippen LogP contribution in [0.5, 0.6) is 5.75 Å². The van der Waals surface area contributed by atoms with Crippen LogP contribution in [0.1, 0.15) is 10.4 Å². The standard InChI is InChI=1S/C26H20N6O10S2/c33-23-11-9-18(13-21(23)25(34)35)31-29-16-6-4-15(5-7-16)27-26(36)28-22-10-8-19(14-24(22)44(40,41)42)32-30-17-2-1-3-20(12-17)43(37,38)39/h1-14,33H,(H,34,35)(H2,27,28,36)(H,37,38,39)(H,40,41,42). The van der Waals surface area contributed by atoms with E-state index < -0.39 is 47.8 Å². The Kier molecular flexibility index (Phi) is 9.09. The highest BCUT2D eigenvalue weighted by atomic mass is 32.2. The number of carboxylic acids is 1. The first kappa shape index (κ1) is 31.4. The minimum atomic E-state index is -4.85. The van der Waals surface area contributed by atoms with Gasteiger partial charge in [0, 0.05) is 5.69 Å². The molecule has 226 valence electrons. The number of nitrogens with one attached hydrogen (secondary N) is 2. The largest absolute Gasteiger partial charge is 0.507 e. The number of rotatable bonds is 9. The van der Waals surface area contributed by atoms with Gasteiger partial charge in [0.1, 0.15) is 16.2 Å². The second kappa shape index (κ2) is 12.8. The smallest absolute Gasteiger partial charge is 0.339 e. The number of carboxylic acid groups (broad SMARTS) is 1. The Morgan fingerprint density at radius 2 is 1.20 bits per heavy atom. The van der Waals surface area contributed by atoms with Gasteiger partial charge in [0.15, 0.2) is 0 Å². The van der Waals surface area contributed by atoms with Crippen LogP contribution in [-0.2, 0) is 20.2 Å². The molecule has 0 aromatic heterocycles. The highest BCUT2D eigenvalue weighted by Crippen LogP contribution is 2.29. The van der Waals surface area contributed by atoms with Crippen molar-refractivity contribution in [3.63, 3.8) is 0 Å². The number of hydrogen-bond donors (Lipinski definition) is 6. The Balaban J connectivity index is 1.45. The monoisotopic (exact) mass is 640 g/mol. The van der Waals surface area contributed by atoms with Gasteiger partial charge < -0.3 is 20.8 Å². The highest BCUT2D eigenvalue weighted by molar-refractivity contribution is 7.86.